The van der Waals surface area contributed by atoms with Gasteiger partial charge in [-0.2, -0.15) is 0 Å². The number of anilines is 1. The van der Waals surface area contributed by atoms with Crippen LogP contribution in [0.15, 0.2) is 36.9 Å². The van der Waals surface area contributed by atoms with Crippen molar-refractivity contribution in [3.8, 4) is 0 Å². The van der Waals surface area contributed by atoms with Gasteiger partial charge in [0.15, 0.2) is 11.5 Å². The SMILES string of the molecule is Nc1ncnc2ncn(C[C@H]3OC[C@@H](NC(=O)CCc4ccc(F)cc4)[C@H](O)[C@@H]3O)c12. The number of aryl methyl sites for hydroxylation is 1. The predicted molar refractivity (Wildman–Crippen MR) is 108 cm³/mol. The van der Waals surface area contributed by atoms with E-state index in [1.165, 1.54) is 24.8 Å². The smallest absolute Gasteiger partial charge is 0.220 e. The third kappa shape index (κ3) is 4.63. The minimum atomic E-state index is -1.24. The number of hydrogen-bond acceptors (Lipinski definition) is 8. The molecule has 164 valence electrons. The number of aliphatic hydroxyl groups is 2. The number of nitrogens with zero attached hydrogens (tertiary/aromatic N) is 4. The second-order valence-electron chi connectivity index (χ2n) is 7.48. The molecule has 4 atom stereocenters. The van der Waals surface area contributed by atoms with E-state index in [2.05, 4.69) is 20.3 Å². The van der Waals surface area contributed by atoms with Crippen molar-refractivity contribution < 1.29 is 24.1 Å². The number of nitrogen functional groups attached to an aromatic ring is 1. The van der Waals surface area contributed by atoms with Crippen molar-refractivity contribution in [3.05, 3.63) is 48.3 Å². The number of aromatic nitrogens is 4. The van der Waals surface area contributed by atoms with Crippen molar-refractivity contribution in [2.75, 3.05) is 12.3 Å². The highest BCUT2D eigenvalue weighted by Gasteiger charge is 2.39. The van der Waals surface area contributed by atoms with Crippen molar-refractivity contribution in [3.63, 3.8) is 0 Å². The van der Waals surface area contributed by atoms with Crippen LogP contribution in [-0.2, 0) is 22.5 Å². The van der Waals surface area contributed by atoms with Gasteiger partial charge in [-0.25, -0.2) is 19.3 Å². The first-order valence-corrected chi connectivity index (χ1v) is 9.85. The van der Waals surface area contributed by atoms with Gasteiger partial charge in [-0.3, -0.25) is 4.79 Å². The third-order valence-corrected chi connectivity index (χ3v) is 5.35. The molecular formula is C20H23FN6O4. The van der Waals surface area contributed by atoms with E-state index in [1.807, 2.05) is 0 Å². The number of fused-ring (bicyclic) bond motifs is 1. The van der Waals surface area contributed by atoms with E-state index in [4.69, 9.17) is 10.5 Å². The molecular weight excluding hydrogens is 407 g/mol. The first kappa shape index (κ1) is 21.1. The van der Waals surface area contributed by atoms with Crippen molar-refractivity contribution in [2.24, 2.45) is 0 Å². The molecule has 11 heteroatoms. The number of rotatable bonds is 6. The van der Waals surface area contributed by atoms with E-state index in [1.54, 1.807) is 16.7 Å². The Balaban J connectivity index is 1.33. The lowest BCUT2D eigenvalue weighted by Crippen LogP contribution is -2.59. The minimum Gasteiger partial charge on any atom is -0.388 e. The molecule has 0 radical (unpaired) electrons. The van der Waals surface area contributed by atoms with E-state index in [0.717, 1.165) is 5.56 Å². The Morgan fingerprint density at radius 1 is 1.23 bits per heavy atom. The highest BCUT2D eigenvalue weighted by atomic mass is 19.1. The summed E-state index contributed by atoms with van der Waals surface area (Å²) in [5.74, 6) is -0.383. The molecule has 0 saturated carbocycles. The first-order chi connectivity index (χ1) is 14.9. The molecule has 1 aliphatic heterocycles. The molecule has 10 nitrogen and oxygen atoms in total. The molecule has 1 saturated heterocycles. The van der Waals surface area contributed by atoms with Crippen LogP contribution in [0.3, 0.4) is 0 Å². The number of imidazole rings is 1. The number of amides is 1. The van der Waals surface area contributed by atoms with Crippen molar-refractivity contribution in [1.82, 2.24) is 24.8 Å². The molecule has 0 unspecified atom stereocenters. The predicted octanol–water partition coefficient (Wildman–Crippen LogP) is -0.214. The lowest BCUT2D eigenvalue weighted by molar-refractivity contribution is -0.158. The summed E-state index contributed by atoms with van der Waals surface area (Å²) in [5, 5.41) is 23.7. The fourth-order valence-corrected chi connectivity index (χ4v) is 3.63. The summed E-state index contributed by atoms with van der Waals surface area (Å²) in [6, 6.07) is 5.16. The molecule has 0 aliphatic carbocycles. The Kier molecular flexibility index (Phi) is 6.07. The molecule has 4 rings (SSSR count). The molecule has 3 heterocycles. The fraction of sp³-hybridized carbons (Fsp3) is 0.400. The largest absolute Gasteiger partial charge is 0.388 e. The van der Waals surface area contributed by atoms with Crippen LogP contribution in [0.2, 0.25) is 0 Å². The van der Waals surface area contributed by atoms with Crippen LogP contribution >= 0.6 is 0 Å². The fourth-order valence-electron chi connectivity index (χ4n) is 3.63. The van der Waals surface area contributed by atoms with E-state index in [-0.39, 0.29) is 37.1 Å². The van der Waals surface area contributed by atoms with Crippen molar-refractivity contribution >= 4 is 22.9 Å². The molecule has 31 heavy (non-hydrogen) atoms. The van der Waals surface area contributed by atoms with Gasteiger partial charge in [0.25, 0.3) is 0 Å². The van der Waals surface area contributed by atoms with E-state index in [0.29, 0.717) is 17.6 Å². The maximum atomic E-state index is 13.0. The molecule has 3 aromatic rings. The highest BCUT2D eigenvalue weighted by molar-refractivity contribution is 5.81. The number of benzene rings is 1. The van der Waals surface area contributed by atoms with Crippen LogP contribution in [-0.4, -0.2) is 66.6 Å². The van der Waals surface area contributed by atoms with Gasteiger partial charge in [0, 0.05) is 6.42 Å². The average Bonchev–Trinajstić information content (AvgIpc) is 3.17. The summed E-state index contributed by atoms with van der Waals surface area (Å²) >= 11 is 0. The topological polar surface area (TPSA) is 148 Å². The summed E-state index contributed by atoms with van der Waals surface area (Å²) in [5.41, 5.74) is 7.66. The van der Waals surface area contributed by atoms with E-state index >= 15 is 0 Å². The Labute approximate surface area is 176 Å². The number of nitrogens with two attached hydrogens (primary N) is 1. The Morgan fingerprint density at radius 2 is 2.00 bits per heavy atom. The van der Waals surface area contributed by atoms with Gasteiger partial charge in [-0.1, -0.05) is 12.1 Å². The quantitative estimate of drug-likeness (QED) is 0.420. The first-order valence-electron chi connectivity index (χ1n) is 9.85. The molecule has 5 N–H and O–H groups in total. The Bertz CT molecular complexity index is 1060. The van der Waals surface area contributed by atoms with Crippen LogP contribution in [0.1, 0.15) is 12.0 Å². The van der Waals surface area contributed by atoms with Crippen molar-refractivity contribution in [2.45, 2.75) is 43.7 Å². The normalized spacial score (nSPS) is 23.7. The lowest BCUT2D eigenvalue weighted by Gasteiger charge is -2.38. The number of ether oxygens (including phenoxy) is 1. The number of halogens is 1. The summed E-state index contributed by atoms with van der Waals surface area (Å²) in [6.45, 7) is 0.210. The summed E-state index contributed by atoms with van der Waals surface area (Å²) in [4.78, 5) is 24.4. The highest BCUT2D eigenvalue weighted by Crippen LogP contribution is 2.21. The summed E-state index contributed by atoms with van der Waals surface area (Å²) in [7, 11) is 0. The van der Waals surface area contributed by atoms with Crippen LogP contribution in [0.5, 0.6) is 0 Å². The zero-order valence-corrected chi connectivity index (χ0v) is 16.6. The lowest BCUT2D eigenvalue weighted by atomic mass is 9.97. The van der Waals surface area contributed by atoms with Gasteiger partial charge in [-0.15, -0.1) is 0 Å². The maximum absolute atomic E-state index is 13.0. The van der Waals surface area contributed by atoms with Crippen LogP contribution in [0.4, 0.5) is 10.2 Å². The summed E-state index contributed by atoms with van der Waals surface area (Å²) < 4.78 is 20.3. The van der Waals surface area contributed by atoms with Gasteiger partial charge >= 0.3 is 0 Å². The minimum absolute atomic E-state index is 0.0315. The third-order valence-electron chi connectivity index (χ3n) is 5.35. The Morgan fingerprint density at radius 3 is 2.77 bits per heavy atom. The standard InChI is InChI=1S/C20H23FN6O4/c21-12-4-1-11(2-5-12)3-6-15(28)26-13-8-31-14(18(30)17(13)29)7-27-10-25-20-16(27)19(22)23-9-24-20/h1-2,4-5,9-10,13-14,17-18,29-30H,3,6-8H2,(H,26,28)(H2,22,23,24)/t13-,14-,17+,18-/m1/s1. The molecule has 1 aliphatic rings. The van der Waals surface area contributed by atoms with Gasteiger partial charge < -0.3 is 30.6 Å². The van der Waals surface area contributed by atoms with Crippen LogP contribution in [0.25, 0.3) is 11.2 Å². The zero-order valence-electron chi connectivity index (χ0n) is 16.6. The number of carbonyl (C=O) groups is 1. The monoisotopic (exact) mass is 430 g/mol. The van der Waals surface area contributed by atoms with Crippen molar-refractivity contribution in [1.29, 1.82) is 0 Å². The average molecular weight is 430 g/mol. The van der Waals surface area contributed by atoms with Gasteiger partial charge in [0.2, 0.25) is 5.91 Å². The number of hydrogen-bond donors (Lipinski definition) is 4. The summed E-state index contributed by atoms with van der Waals surface area (Å²) in [6.07, 6.45) is 0.235. The number of carbonyl (C=O) groups excluding carboxylic acids is 1. The van der Waals surface area contributed by atoms with Gasteiger partial charge in [-0.05, 0) is 24.1 Å². The second-order valence-corrected chi connectivity index (χ2v) is 7.48. The van der Waals surface area contributed by atoms with E-state index < -0.39 is 24.4 Å². The van der Waals surface area contributed by atoms with Crippen LogP contribution in [0, 0.1) is 5.82 Å². The molecule has 1 aromatic carbocycles. The Hall–Kier alpha value is -3.15. The number of nitrogens with one attached hydrogen (secondary N) is 1. The molecule has 1 amide bonds. The number of aliphatic hydroxyl groups excluding tert-OH is 2. The van der Waals surface area contributed by atoms with Gasteiger partial charge in [0.1, 0.15) is 36.0 Å². The molecule has 0 bridgehead atoms. The molecule has 0 spiro atoms. The maximum Gasteiger partial charge on any atom is 0.220 e. The van der Waals surface area contributed by atoms with Crippen LogP contribution < -0.4 is 11.1 Å². The second kappa shape index (κ2) is 8.92. The molecule has 2 aromatic heterocycles. The molecule has 1 fully saturated rings. The van der Waals surface area contributed by atoms with E-state index in [9.17, 15) is 19.4 Å². The van der Waals surface area contributed by atoms with Gasteiger partial charge in [0.05, 0.1) is 25.5 Å². The zero-order chi connectivity index (χ0) is 22.0.